The van der Waals surface area contributed by atoms with Crippen LogP contribution < -0.4 is 5.32 Å². The minimum Gasteiger partial charge on any atom is -0.466 e. The van der Waals surface area contributed by atoms with Gasteiger partial charge in [0.1, 0.15) is 0 Å². The Morgan fingerprint density at radius 2 is 0.635 bits per heavy atom. The number of aliphatic hydroxyl groups excluding tert-OH is 2. The number of aliphatic hydroxyl groups is 2. The van der Waals surface area contributed by atoms with Crippen molar-refractivity contribution >= 4 is 11.9 Å². The Labute approximate surface area is 463 Å². The van der Waals surface area contributed by atoms with E-state index in [0.29, 0.717) is 25.9 Å². The van der Waals surface area contributed by atoms with Crippen molar-refractivity contribution in [3.8, 4) is 0 Å². The number of allylic oxidation sites excluding steroid dienone is 2. The fourth-order valence-electron chi connectivity index (χ4n) is 10.9. The third kappa shape index (κ3) is 59.8. The number of carbonyl (C=O) groups is 2. The van der Waals surface area contributed by atoms with E-state index in [0.717, 1.165) is 44.9 Å². The molecule has 0 radical (unpaired) electrons. The van der Waals surface area contributed by atoms with Gasteiger partial charge in [0.25, 0.3) is 0 Å². The van der Waals surface area contributed by atoms with Crippen molar-refractivity contribution in [2.24, 2.45) is 0 Å². The molecule has 74 heavy (non-hydrogen) atoms. The highest BCUT2D eigenvalue weighted by Gasteiger charge is 2.20. The molecular formula is C68H133NO5. The zero-order valence-corrected chi connectivity index (χ0v) is 50.4. The third-order valence-electron chi connectivity index (χ3n) is 16.1. The normalized spacial score (nSPS) is 12.5. The molecule has 3 N–H and O–H groups in total. The number of ether oxygens (including phenoxy) is 1. The molecule has 0 aromatic rings. The van der Waals surface area contributed by atoms with E-state index in [9.17, 15) is 19.8 Å². The van der Waals surface area contributed by atoms with Crippen LogP contribution in [0.25, 0.3) is 0 Å². The summed E-state index contributed by atoms with van der Waals surface area (Å²) < 4.78 is 5.48. The predicted octanol–water partition coefficient (Wildman–Crippen LogP) is 21.6. The molecule has 0 aromatic carbocycles. The highest BCUT2D eigenvalue weighted by atomic mass is 16.5. The molecule has 0 spiro atoms. The lowest BCUT2D eigenvalue weighted by Gasteiger charge is -2.22. The molecule has 2 unspecified atom stereocenters. The van der Waals surface area contributed by atoms with E-state index in [1.165, 1.54) is 308 Å². The third-order valence-corrected chi connectivity index (χ3v) is 16.1. The summed E-state index contributed by atoms with van der Waals surface area (Å²) in [6, 6.07) is -0.534. The van der Waals surface area contributed by atoms with E-state index in [4.69, 9.17) is 4.74 Å². The average molecular weight is 1040 g/mol. The molecule has 1 amide bonds. The first kappa shape index (κ1) is 72.6. The Bertz CT molecular complexity index is 1110. The standard InChI is InChI=1S/C68H133NO5/c1-3-5-7-9-11-13-15-42-46-50-54-58-62-68(73)74-63-59-55-51-47-43-40-38-36-34-32-30-28-26-24-22-20-18-16-17-19-21-23-25-27-29-31-33-35-37-39-41-45-49-53-57-61-67(72)69-65(64-70)66(71)60-56-52-48-44-14-12-10-8-6-4-2/h11,13,65-66,70-71H,3-10,12,14-64H2,1-2H3,(H,69,72)/b13-11-. The number of amides is 1. The second-order valence-electron chi connectivity index (χ2n) is 23.5. The summed E-state index contributed by atoms with van der Waals surface area (Å²) in [6.45, 7) is 4.94. The molecule has 0 aromatic heterocycles. The zero-order valence-electron chi connectivity index (χ0n) is 50.4. The number of carbonyl (C=O) groups excluding carboxylic acids is 2. The van der Waals surface area contributed by atoms with Crippen LogP contribution in [-0.2, 0) is 14.3 Å². The lowest BCUT2D eigenvalue weighted by atomic mass is 10.0. The first-order valence-electron chi connectivity index (χ1n) is 33.9. The first-order chi connectivity index (χ1) is 36.5. The van der Waals surface area contributed by atoms with Gasteiger partial charge in [0.05, 0.1) is 25.4 Å². The Kier molecular flexibility index (Phi) is 62.9. The Morgan fingerprint density at radius 3 is 0.986 bits per heavy atom. The highest BCUT2D eigenvalue weighted by molar-refractivity contribution is 5.76. The summed E-state index contributed by atoms with van der Waals surface area (Å²) in [5, 5.41) is 23.2. The van der Waals surface area contributed by atoms with Crippen LogP contribution >= 0.6 is 0 Å². The number of unbranched alkanes of at least 4 members (excludes halogenated alkanes) is 51. The Morgan fingerprint density at radius 1 is 0.365 bits per heavy atom. The first-order valence-corrected chi connectivity index (χ1v) is 33.9. The van der Waals surface area contributed by atoms with Crippen LogP contribution in [0.15, 0.2) is 12.2 Å². The maximum absolute atomic E-state index is 12.4. The van der Waals surface area contributed by atoms with Crippen molar-refractivity contribution in [1.29, 1.82) is 0 Å². The van der Waals surface area contributed by atoms with Gasteiger partial charge in [-0.15, -0.1) is 0 Å². The smallest absolute Gasteiger partial charge is 0.305 e. The van der Waals surface area contributed by atoms with E-state index in [1.54, 1.807) is 0 Å². The van der Waals surface area contributed by atoms with Gasteiger partial charge in [0, 0.05) is 12.8 Å². The minimum absolute atomic E-state index is 0.0129. The van der Waals surface area contributed by atoms with E-state index in [2.05, 4.69) is 31.3 Å². The van der Waals surface area contributed by atoms with Crippen molar-refractivity contribution in [1.82, 2.24) is 5.32 Å². The van der Waals surface area contributed by atoms with E-state index < -0.39 is 12.1 Å². The molecule has 0 aliphatic heterocycles. The maximum Gasteiger partial charge on any atom is 0.305 e. The molecule has 0 fully saturated rings. The molecule has 0 saturated carbocycles. The van der Waals surface area contributed by atoms with Crippen molar-refractivity contribution < 1.29 is 24.5 Å². The monoisotopic (exact) mass is 1040 g/mol. The highest BCUT2D eigenvalue weighted by Crippen LogP contribution is 2.19. The van der Waals surface area contributed by atoms with Gasteiger partial charge in [-0.3, -0.25) is 9.59 Å². The van der Waals surface area contributed by atoms with Gasteiger partial charge in [0.2, 0.25) is 5.91 Å². The van der Waals surface area contributed by atoms with Gasteiger partial charge in [-0.2, -0.15) is 0 Å². The van der Waals surface area contributed by atoms with Crippen molar-refractivity contribution in [3.05, 3.63) is 12.2 Å². The van der Waals surface area contributed by atoms with Gasteiger partial charge < -0.3 is 20.3 Å². The van der Waals surface area contributed by atoms with Crippen molar-refractivity contribution in [2.45, 2.75) is 398 Å². The van der Waals surface area contributed by atoms with Gasteiger partial charge in [-0.05, 0) is 51.4 Å². The van der Waals surface area contributed by atoms with Crippen LogP contribution in [0.2, 0.25) is 0 Å². The summed E-state index contributed by atoms with van der Waals surface area (Å²) in [5.74, 6) is -0.0164. The lowest BCUT2D eigenvalue weighted by Crippen LogP contribution is -2.45. The molecule has 0 rings (SSSR count). The van der Waals surface area contributed by atoms with Crippen LogP contribution in [0, 0.1) is 0 Å². The summed E-state index contributed by atoms with van der Waals surface area (Å²) in [6.07, 6.45) is 78.5. The fraction of sp³-hybridized carbons (Fsp3) is 0.941. The van der Waals surface area contributed by atoms with Gasteiger partial charge in [-0.25, -0.2) is 0 Å². The average Bonchev–Trinajstić information content (AvgIpc) is 3.40. The number of esters is 1. The second kappa shape index (κ2) is 64.1. The zero-order chi connectivity index (χ0) is 53.6. The number of nitrogens with one attached hydrogen (secondary N) is 1. The Balaban J connectivity index is 3.27. The van der Waals surface area contributed by atoms with E-state index >= 15 is 0 Å². The summed E-state index contributed by atoms with van der Waals surface area (Å²) in [5.41, 5.74) is 0. The van der Waals surface area contributed by atoms with Crippen LogP contribution in [0.5, 0.6) is 0 Å². The molecule has 0 bridgehead atoms. The topological polar surface area (TPSA) is 95.9 Å². The predicted molar refractivity (Wildman–Crippen MR) is 324 cm³/mol. The number of hydrogen-bond donors (Lipinski definition) is 3. The largest absolute Gasteiger partial charge is 0.466 e. The van der Waals surface area contributed by atoms with E-state index in [-0.39, 0.29) is 18.5 Å². The summed E-state index contributed by atoms with van der Waals surface area (Å²) >= 11 is 0. The molecule has 0 aliphatic rings. The van der Waals surface area contributed by atoms with Crippen LogP contribution in [0.1, 0.15) is 386 Å². The SMILES string of the molecule is CCCCC/C=C\CCCCCCCC(=O)OCCCCCCCCCCCCCCCCCCCCCCCCCCCCCCCCCCCCCC(=O)NC(CO)C(O)CCCCCCCCCCCC. The molecule has 6 nitrogen and oxygen atoms in total. The molecule has 2 atom stereocenters. The molecule has 0 heterocycles. The van der Waals surface area contributed by atoms with Crippen LogP contribution in [-0.4, -0.2) is 47.4 Å². The maximum atomic E-state index is 12.4. The summed E-state index contributed by atoms with van der Waals surface area (Å²) in [4.78, 5) is 24.5. The lowest BCUT2D eigenvalue weighted by molar-refractivity contribution is -0.143. The van der Waals surface area contributed by atoms with Crippen molar-refractivity contribution in [3.63, 3.8) is 0 Å². The Hall–Kier alpha value is -1.40. The molecule has 6 heteroatoms. The summed E-state index contributed by atoms with van der Waals surface area (Å²) in [7, 11) is 0. The van der Waals surface area contributed by atoms with Crippen molar-refractivity contribution in [2.75, 3.05) is 13.2 Å². The number of hydrogen-bond acceptors (Lipinski definition) is 5. The number of rotatable bonds is 64. The second-order valence-corrected chi connectivity index (χ2v) is 23.5. The molecule has 0 saturated heterocycles. The van der Waals surface area contributed by atoms with Gasteiger partial charge in [-0.1, -0.05) is 334 Å². The van der Waals surface area contributed by atoms with Crippen LogP contribution in [0.3, 0.4) is 0 Å². The fourth-order valence-corrected chi connectivity index (χ4v) is 10.9. The van der Waals surface area contributed by atoms with Gasteiger partial charge in [0.15, 0.2) is 0 Å². The molecule has 0 aliphatic carbocycles. The molecule has 440 valence electrons. The van der Waals surface area contributed by atoms with Gasteiger partial charge >= 0.3 is 5.97 Å². The molecular weight excluding hydrogens is 911 g/mol. The van der Waals surface area contributed by atoms with E-state index in [1.807, 2.05) is 0 Å². The van der Waals surface area contributed by atoms with Crippen LogP contribution in [0.4, 0.5) is 0 Å². The quantitative estimate of drug-likeness (QED) is 0.0320. The minimum atomic E-state index is -0.657.